The smallest absolute Gasteiger partial charge is 0.314 e. The maximum absolute atomic E-state index is 12.2. The van der Waals surface area contributed by atoms with Gasteiger partial charge in [-0.3, -0.25) is 4.79 Å². The molecule has 0 aliphatic carbocycles. The largest absolute Gasteiger partial charge is 0.497 e. The van der Waals surface area contributed by atoms with E-state index in [0.29, 0.717) is 26.1 Å². The van der Waals surface area contributed by atoms with Crippen LogP contribution in [0.3, 0.4) is 0 Å². The van der Waals surface area contributed by atoms with Gasteiger partial charge in [0.2, 0.25) is 5.91 Å². The van der Waals surface area contributed by atoms with Gasteiger partial charge in [-0.1, -0.05) is 30.3 Å². The maximum Gasteiger partial charge on any atom is 0.314 e. The van der Waals surface area contributed by atoms with E-state index in [1.165, 1.54) is 0 Å². The Morgan fingerprint density at radius 3 is 2.56 bits per heavy atom. The fourth-order valence-electron chi connectivity index (χ4n) is 3.19. The minimum atomic E-state index is -0.200. The zero-order valence-corrected chi connectivity index (χ0v) is 15.5. The van der Waals surface area contributed by atoms with Crippen molar-refractivity contribution < 1.29 is 14.3 Å². The molecule has 3 amide bonds. The molecule has 1 heterocycles. The lowest BCUT2D eigenvalue weighted by Gasteiger charge is -2.17. The van der Waals surface area contributed by atoms with E-state index in [0.717, 1.165) is 23.4 Å². The molecule has 6 heteroatoms. The molecule has 0 saturated carbocycles. The second-order valence-electron chi connectivity index (χ2n) is 6.64. The zero-order chi connectivity index (χ0) is 19.1. The molecule has 2 N–H and O–H groups in total. The predicted molar refractivity (Wildman–Crippen MR) is 105 cm³/mol. The lowest BCUT2D eigenvalue weighted by Crippen LogP contribution is -2.39. The van der Waals surface area contributed by atoms with E-state index in [9.17, 15) is 9.59 Å². The number of hydrogen-bond donors (Lipinski definition) is 2. The SMILES string of the molecule is COc1ccc(CCNC(=O)NCC2CC(=O)N(c3ccccc3)C2)cc1. The van der Waals surface area contributed by atoms with Crippen LogP contribution in [-0.2, 0) is 11.2 Å². The van der Waals surface area contributed by atoms with Crippen molar-refractivity contribution in [3.63, 3.8) is 0 Å². The van der Waals surface area contributed by atoms with Gasteiger partial charge < -0.3 is 20.3 Å². The van der Waals surface area contributed by atoms with Gasteiger partial charge >= 0.3 is 6.03 Å². The van der Waals surface area contributed by atoms with E-state index >= 15 is 0 Å². The quantitative estimate of drug-likeness (QED) is 0.790. The first kappa shape index (κ1) is 18.8. The van der Waals surface area contributed by atoms with Gasteiger partial charge in [0.05, 0.1) is 7.11 Å². The Bertz CT molecular complexity index is 762. The average molecular weight is 367 g/mol. The molecule has 3 rings (SSSR count). The predicted octanol–water partition coefficient (Wildman–Crippen LogP) is 2.59. The minimum absolute atomic E-state index is 0.105. The van der Waals surface area contributed by atoms with Crippen LogP contribution in [0, 0.1) is 5.92 Å². The van der Waals surface area contributed by atoms with Crippen molar-refractivity contribution in [3.05, 3.63) is 60.2 Å². The summed E-state index contributed by atoms with van der Waals surface area (Å²) in [6.07, 6.45) is 1.21. The van der Waals surface area contributed by atoms with Gasteiger partial charge in [-0.25, -0.2) is 4.79 Å². The lowest BCUT2D eigenvalue weighted by molar-refractivity contribution is -0.117. The number of anilines is 1. The standard InChI is InChI=1S/C21H25N3O3/c1-27-19-9-7-16(8-10-19)11-12-22-21(26)23-14-17-13-20(25)24(15-17)18-5-3-2-4-6-18/h2-10,17H,11-15H2,1H3,(H2,22,23,26). The van der Waals surface area contributed by atoms with Gasteiger partial charge in [-0.15, -0.1) is 0 Å². The van der Waals surface area contributed by atoms with E-state index in [-0.39, 0.29) is 17.9 Å². The first-order valence-electron chi connectivity index (χ1n) is 9.16. The van der Waals surface area contributed by atoms with Gasteiger partial charge in [0, 0.05) is 37.7 Å². The second kappa shape index (κ2) is 9.07. The summed E-state index contributed by atoms with van der Waals surface area (Å²) in [5.74, 6) is 1.05. The molecule has 0 radical (unpaired) electrons. The molecular weight excluding hydrogens is 342 g/mol. The number of ether oxygens (including phenoxy) is 1. The molecule has 142 valence electrons. The van der Waals surface area contributed by atoms with Crippen LogP contribution < -0.4 is 20.3 Å². The van der Waals surface area contributed by atoms with Crippen molar-refractivity contribution in [1.29, 1.82) is 0 Å². The summed E-state index contributed by atoms with van der Waals surface area (Å²) in [4.78, 5) is 26.0. The van der Waals surface area contributed by atoms with E-state index in [2.05, 4.69) is 10.6 Å². The molecule has 1 unspecified atom stereocenters. The molecule has 0 spiro atoms. The first-order chi connectivity index (χ1) is 13.2. The Balaban J connectivity index is 1.37. The number of carbonyl (C=O) groups is 2. The average Bonchev–Trinajstić information content (AvgIpc) is 3.08. The molecule has 1 saturated heterocycles. The molecule has 1 aliphatic heterocycles. The summed E-state index contributed by atoms with van der Waals surface area (Å²) in [7, 11) is 1.64. The van der Waals surface area contributed by atoms with E-state index in [1.54, 1.807) is 12.0 Å². The Hall–Kier alpha value is -3.02. The van der Waals surface area contributed by atoms with Gasteiger partial charge in [-0.2, -0.15) is 0 Å². The Morgan fingerprint density at radius 1 is 1.11 bits per heavy atom. The fraction of sp³-hybridized carbons (Fsp3) is 0.333. The first-order valence-corrected chi connectivity index (χ1v) is 9.16. The summed E-state index contributed by atoms with van der Waals surface area (Å²) in [5.41, 5.74) is 2.05. The van der Waals surface area contributed by atoms with Crippen molar-refractivity contribution in [3.8, 4) is 5.75 Å². The monoisotopic (exact) mass is 367 g/mol. The lowest BCUT2D eigenvalue weighted by atomic mass is 10.1. The third kappa shape index (κ3) is 5.23. The van der Waals surface area contributed by atoms with Crippen LogP contribution in [0.15, 0.2) is 54.6 Å². The number of benzene rings is 2. The Morgan fingerprint density at radius 2 is 1.85 bits per heavy atom. The Kier molecular flexibility index (Phi) is 6.30. The van der Waals surface area contributed by atoms with Crippen molar-refractivity contribution in [1.82, 2.24) is 10.6 Å². The van der Waals surface area contributed by atoms with Crippen LogP contribution in [-0.4, -0.2) is 38.7 Å². The topological polar surface area (TPSA) is 70.7 Å². The molecule has 1 aliphatic rings. The van der Waals surface area contributed by atoms with Crippen molar-refractivity contribution in [2.45, 2.75) is 12.8 Å². The summed E-state index contributed by atoms with van der Waals surface area (Å²) < 4.78 is 5.13. The van der Waals surface area contributed by atoms with Crippen molar-refractivity contribution in [2.75, 3.05) is 31.6 Å². The minimum Gasteiger partial charge on any atom is -0.497 e. The number of urea groups is 1. The van der Waals surface area contributed by atoms with Crippen LogP contribution in [0.4, 0.5) is 10.5 Å². The molecule has 0 aromatic heterocycles. The fourth-order valence-corrected chi connectivity index (χ4v) is 3.19. The molecule has 1 fully saturated rings. The van der Waals surface area contributed by atoms with Crippen LogP contribution in [0.1, 0.15) is 12.0 Å². The van der Waals surface area contributed by atoms with Gasteiger partial charge in [0.15, 0.2) is 0 Å². The Labute approximate surface area is 159 Å². The normalized spacial score (nSPS) is 16.3. The highest BCUT2D eigenvalue weighted by atomic mass is 16.5. The molecule has 0 bridgehead atoms. The summed E-state index contributed by atoms with van der Waals surface area (Å²) >= 11 is 0. The maximum atomic E-state index is 12.2. The molecule has 1 atom stereocenters. The highest BCUT2D eigenvalue weighted by Gasteiger charge is 2.30. The van der Waals surface area contributed by atoms with Crippen molar-refractivity contribution in [2.24, 2.45) is 5.92 Å². The highest BCUT2D eigenvalue weighted by Crippen LogP contribution is 2.24. The van der Waals surface area contributed by atoms with E-state index in [4.69, 9.17) is 4.74 Å². The van der Waals surface area contributed by atoms with Crippen LogP contribution in [0.2, 0.25) is 0 Å². The zero-order valence-electron chi connectivity index (χ0n) is 15.5. The molecule has 2 aromatic carbocycles. The highest BCUT2D eigenvalue weighted by molar-refractivity contribution is 5.95. The third-order valence-corrected chi connectivity index (χ3v) is 4.68. The number of para-hydroxylation sites is 1. The molecule has 2 aromatic rings. The number of carbonyl (C=O) groups excluding carboxylic acids is 2. The number of nitrogens with zero attached hydrogens (tertiary/aromatic N) is 1. The summed E-state index contributed by atoms with van der Waals surface area (Å²) in [5, 5.41) is 5.73. The van der Waals surface area contributed by atoms with Crippen LogP contribution in [0.5, 0.6) is 5.75 Å². The summed E-state index contributed by atoms with van der Waals surface area (Å²) in [6, 6.07) is 17.2. The molecule has 27 heavy (non-hydrogen) atoms. The van der Waals surface area contributed by atoms with E-state index in [1.807, 2.05) is 54.6 Å². The number of methoxy groups -OCH3 is 1. The number of nitrogens with one attached hydrogen (secondary N) is 2. The van der Waals surface area contributed by atoms with Gasteiger partial charge in [0.1, 0.15) is 5.75 Å². The van der Waals surface area contributed by atoms with Gasteiger partial charge in [0.25, 0.3) is 0 Å². The second-order valence-corrected chi connectivity index (χ2v) is 6.64. The summed E-state index contributed by atoms with van der Waals surface area (Å²) in [6.45, 7) is 1.68. The van der Waals surface area contributed by atoms with Crippen LogP contribution in [0.25, 0.3) is 0 Å². The van der Waals surface area contributed by atoms with Crippen LogP contribution >= 0.6 is 0 Å². The molecule has 6 nitrogen and oxygen atoms in total. The van der Waals surface area contributed by atoms with Gasteiger partial charge in [-0.05, 0) is 36.2 Å². The number of hydrogen-bond acceptors (Lipinski definition) is 3. The number of rotatable bonds is 7. The van der Waals surface area contributed by atoms with E-state index < -0.39 is 0 Å². The molecular formula is C21H25N3O3. The van der Waals surface area contributed by atoms with Crippen molar-refractivity contribution >= 4 is 17.6 Å². The number of amides is 3. The third-order valence-electron chi connectivity index (χ3n) is 4.68.